The van der Waals surface area contributed by atoms with Crippen molar-refractivity contribution in [2.45, 2.75) is 25.7 Å². The smallest absolute Gasteiger partial charge is 0.255 e. The molecule has 0 radical (unpaired) electrons. The summed E-state index contributed by atoms with van der Waals surface area (Å²) >= 11 is 12.1. The molecule has 0 spiro atoms. The topological polar surface area (TPSA) is 132 Å². The standard InChI is InChI=1S/C26H35Cl2N5O4/c1-36-23-12-21(29)19(27)10-17(23)25(34)31-7-4-3-5-8-33-9-6-16(15-33)14-32-26(35)18-11-20(28)22(30)13-24(18)37-2/h10-13,16H,3-9,14-15,29-30H2,1-2H3,(H,31,34)(H,32,35)/t16-/m1/s1. The zero-order valence-corrected chi connectivity index (χ0v) is 22.8. The SMILES string of the molecule is COc1cc(N)c(Cl)cc1C(=O)NCCCCCN1CC[C@H](CNC(=O)c2cc(Cl)c(N)cc2OC)C1. The Balaban J connectivity index is 1.33. The van der Waals surface area contributed by atoms with Gasteiger partial charge >= 0.3 is 0 Å². The lowest BCUT2D eigenvalue weighted by Gasteiger charge is -2.17. The molecule has 9 nitrogen and oxygen atoms in total. The molecule has 1 heterocycles. The molecule has 0 aromatic heterocycles. The number of amides is 2. The minimum atomic E-state index is -0.234. The third-order valence-electron chi connectivity index (χ3n) is 6.48. The van der Waals surface area contributed by atoms with Crippen molar-refractivity contribution >= 4 is 46.4 Å². The van der Waals surface area contributed by atoms with Crippen LogP contribution >= 0.6 is 23.2 Å². The van der Waals surface area contributed by atoms with Gasteiger partial charge in [0.25, 0.3) is 11.8 Å². The number of nitrogen functional groups attached to an aromatic ring is 2. The molecular formula is C26H35Cl2N5O4. The second-order valence-corrected chi connectivity index (χ2v) is 9.94. The van der Waals surface area contributed by atoms with Crippen LogP contribution in [0.4, 0.5) is 11.4 Å². The molecule has 1 saturated heterocycles. The number of methoxy groups -OCH3 is 2. The van der Waals surface area contributed by atoms with Crippen LogP contribution in [0.2, 0.25) is 10.0 Å². The zero-order valence-electron chi connectivity index (χ0n) is 21.2. The molecule has 1 fully saturated rings. The number of hydrogen-bond acceptors (Lipinski definition) is 7. The van der Waals surface area contributed by atoms with Crippen molar-refractivity contribution in [1.82, 2.24) is 15.5 Å². The van der Waals surface area contributed by atoms with Crippen LogP contribution in [0.5, 0.6) is 11.5 Å². The van der Waals surface area contributed by atoms with Crippen LogP contribution in [0.15, 0.2) is 24.3 Å². The van der Waals surface area contributed by atoms with Crippen molar-refractivity contribution in [3.05, 3.63) is 45.4 Å². The van der Waals surface area contributed by atoms with Crippen molar-refractivity contribution in [3.8, 4) is 11.5 Å². The molecule has 1 aliphatic rings. The van der Waals surface area contributed by atoms with Crippen LogP contribution in [-0.2, 0) is 0 Å². The van der Waals surface area contributed by atoms with E-state index in [1.165, 1.54) is 26.4 Å². The molecule has 1 aliphatic heterocycles. The Kier molecular flexibility index (Phi) is 10.5. The van der Waals surface area contributed by atoms with Crippen molar-refractivity contribution in [2.24, 2.45) is 5.92 Å². The maximum Gasteiger partial charge on any atom is 0.255 e. The van der Waals surface area contributed by atoms with Gasteiger partial charge in [0.05, 0.1) is 46.8 Å². The fourth-order valence-electron chi connectivity index (χ4n) is 4.38. The van der Waals surface area contributed by atoms with Crippen LogP contribution in [0.3, 0.4) is 0 Å². The summed E-state index contributed by atoms with van der Waals surface area (Å²) in [5, 5.41) is 6.56. The molecule has 0 saturated carbocycles. The Labute approximate surface area is 227 Å². The maximum atomic E-state index is 12.7. The summed E-state index contributed by atoms with van der Waals surface area (Å²) in [7, 11) is 2.98. The highest BCUT2D eigenvalue weighted by Crippen LogP contribution is 2.30. The van der Waals surface area contributed by atoms with Gasteiger partial charge in [0.2, 0.25) is 0 Å². The Morgan fingerprint density at radius 3 is 2.05 bits per heavy atom. The number of hydrogen-bond donors (Lipinski definition) is 4. The normalized spacial score (nSPS) is 15.4. The fraction of sp³-hybridized carbons (Fsp3) is 0.462. The molecule has 2 aromatic rings. The number of rotatable bonds is 12. The predicted molar refractivity (Wildman–Crippen MR) is 148 cm³/mol. The number of nitrogens with zero attached hydrogens (tertiary/aromatic N) is 1. The number of carbonyl (C=O) groups is 2. The van der Waals surface area contributed by atoms with Gasteiger partial charge < -0.3 is 36.5 Å². The van der Waals surface area contributed by atoms with E-state index in [0.29, 0.717) is 63.1 Å². The molecule has 0 unspecified atom stereocenters. The average molecular weight is 553 g/mol. The van der Waals surface area contributed by atoms with Gasteiger partial charge in [0.15, 0.2) is 0 Å². The van der Waals surface area contributed by atoms with E-state index in [4.69, 9.17) is 44.1 Å². The third kappa shape index (κ3) is 7.80. The molecule has 0 aliphatic carbocycles. The van der Waals surface area contributed by atoms with E-state index < -0.39 is 0 Å². The highest BCUT2D eigenvalue weighted by Gasteiger charge is 2.23. The van der Waals surface area contributed by atoms with Gasteiger partial charge in [-0.1, -0.05) is 29.6 Å². The first-order valence-electron chi connectivity index (χ1n) is 12.3. The lowest BCUT2D eigenvalue weighted by atomic mass is 10.1. The molecule has 3 rings (SSSR count). The van der Waals surface area contributed by atoms with Crippen LogP contribution in [0, 0.1) is 5.92 Å². The molecule has 37 heavy (non-hydrogen) atoms. The van der Waals surface area contributed by atoms with Gasteiger partial charge in [0.1, 0.15) is 11.5 Å². The van der Waals surface area contributed by atoms with Gasteiger partial charge in [-0.2, -0.15) is 0 Å². The van der Waals surface area contributed by atoms with Crippen molar-refractivity contribution in [3.63, 3.8) is 0 Å². The number of carbonyl (C=O) groups excluding carboxylic acids is 2. The highest BCUT2D eigenvalue weighted by atomic mass is 35.5. The van der Waals surface area contributed by atoms with Gasteiger partial charge in [-0.3, -0.25) is 9.59 Å². The third-order valence-corrected chi connectivity index (χ3v) is 7.14. The first kappa shape index (κ1) is 28.7. The van der Waals surface area contributed by atoms with Gasteiger partial charge in [-0.15, -0.1) is 0 Å². The average Bonchev–Trinajstić information content (AvgIpc) is 3.34. The summed E-state index contributed by atoms with van der Waals surface area (Å²) in [5.74, 6) is 0.732. The number of halogens is 2. The predicted octanol–water partition coefficient (Wildman–Crippen LogP) is 3.83. The first-order valence-corrected chi connectivity index (χ1v) is 13.0. The van der Waals surface area contributed by atoms with Gasteiger partial charge in [0, 0.05) is 31.8 Å². The number of unbranched alkanes of at least 4 members (excludes halogenated alkanes) is 2. The van der Waals surface area contributed by atoms with E-state index in [9.17, 15) is 9.59 Å². The van der Waals surface area contributed by atoms with Crippen LogP contribution in [0.25, 0.3) is 0 Å². The number of likely N-dealkylation sites (tertiary alicyclic amines) is 1. The van der Waals surface area contributed by atoms with E-state index in [1.807, 2.05) is 0 Å². The minimum Gasteiger partial charge on any atom is -0.496 e. The Bertz CT molecular complexity index is 1110. The summed E-state index contributed by atoms with van der Waals surface area (Å²) in [6.45, 7) is 4.09. The van der Waals surface area contributed by atoms with Gasteiger partial charge in [-0.05, 0) is 50.4 Å². The number of ether oxygens (including phenoxy) is 2. The van der Waals surface area contributed by atoms with E-state index in [-0.39, 0.29) is 11.8 Å². The highest BCUT2D eigenvalue weighted by molar-refractivity contribution is 6.34. The quantitative estimate of drug-likeness (QED) is 0.233. The monoisotopic (exact) mass is 551 g/mol. The summed E-state index contributed by atoms with van der Waals surface area (Å²) in [6, 6.07) is 6.18. The summed E-state index contributed by atoms with van der Waals surface area (Å²) < 4.78 is 10.5. The van der Waals surface area contributed by atoms with Gasteiger partial charge in [-0.25, -0.2) is 0 Å². The van der Waals surface area contributed by atoms with Crippen LogP contribution < -0.4 is 31.6 Å². The number of anilines is 2. The largest absolute Gasteiger partial charge is 0.496 e. The van der Waals surface area contributed by atoms with Crippen LogP contribution in [0.1, 0.15) is 46.4 Å². The summed E-state index contributed by atoms with van der Waals surface area (Å²) in [5.41, 5.74) is 13.1. The number of benzene rings is 2. The minimum absolute atomic E-state index is 0.224. The van der Waals surface area contributed by atoms with Crippen molar-refractivity contribution in [2.75, 3.05) is 58.4 Å². The molecule has 6 N–H and O–H groups in total. The fourth-order valence-corrected chi connectivity index (χ4v) is 4.71. The van der Waals surface area contributed by atoms with E-state index in [1.54, 1.807) is 12.1 Å². The Morgan fingerprint density at radius 2 is 1.49 bits per heavy atom. The van der Waals surface area contributed by atoms with E-state index >= 15 is 0 Å². The molecular weight excluding hydrogens is 517 g/mol. The number of nitrogens with one attached hydrogen (secondary N) is 2. The zero-order chi connectivity index (χ0) is 26.9. The second-order valence-electron chi connectivity index (χ2n) is 9.13. The maximum absolute atomic E-state index is 12.7. The van der Waals surface area contributed by atoms with Crippen molar-refractivity contribution < 1.29 is 19.1 Å². The molecule has 2 amide bonds. The first-order chi connectivity index (χ1) is 17.7. The second kappa shape index (κ2) is 13.6. The molecule has 202 valence electrons. The Hall–Kier alpha value is -2.88. The molecule has 1 atom stereocenters. The lowest BCUT2D eigenvalue weighted by Crippen LogP contribution is -2.31. The Morgan fingerprint density at radius 1 is 0.919 bits per heavy atom. The lowest BCUT2D eigenvalue weighted by molar-refractivity contribution is 0.0938. The molecule has 0 bridgehead atoms. The van der Waals surface area contributed by atoms with Crippen molar-refractivity contribution in [1.29, 1.82) is 0 Å². The van der Waals surface area contributed by atoms with E-state index in [2.05, 4.69) is 15.5 Å². The summed E-state index contributed by atoms with van der Waals surface area (Å²) in [4.78, 5) is 27.6. The number of nitrogens with two attached hydrogens (primary N) is 2. The van der Waals surface area contributed by atoms with Crippen LogP contribution in [-0.4, -0.2) is 63.7 Å². The van der Waals surface area contributed by atoms with E-state index in [0.717, 1.165) is 45.3 Å². The molecule has 11 heteroatoms. The molecule has 2 aromatic carbocycles. The summed E-state index contributed by atoms with van der Waals surface area (Å²) in [6.07, 6.45) is 3.93.